The topological polar surface area (TPSA) is 111 Å². The minimum atomic E-state index is -0.710. The molecule has 0 saturated carbocycles. The van der Waals surface area contributed by atoms with Gasteiger partial charge in [0.1, 0.15) is 11.6 Å². The molecule has 0 aliphatic carbocycles. The van der Waals surface area contributed by atoms with Crippen molar-refractivity contribution in [2.45, 2.75) is 38.1 Å². The summed E-state index contributed by atoms with van der Waals surface area (Å²) in [6.45, 7) is 2.04. The van der Waals surface area contributed by atoms with Gasteiger partial charge in [-0.3, -0.25) is 24.0 Å². The highest BCUT2D eigenvalue weighted by atomic mass is 16.3. The molecule has 1 unspecified atom stereocenters. The summed E-state index contributed by atoms with van der Waals surface area (Å²) in [5, 5.41) is 5.69. The van der Waals surface area contributed by atoms with Crippen LogP contribution in [0.1, 0.15) is 37.6 Å². The monoisotopic (exact) mass is 397 g/mol. The number of carbonyl (C=O) groups excluding carboxylic acids is 2. The quantitative estimate of drug-likeness (QED) is 0.638. The fourth-order valence-corrected chi connectivity index (χ4v) is 4.48. The Bertz CT molecular complexity index is 1180. The number of piperidine rings is 2. The molecule has 9 nitrogen and oxygen atoms in total. The summed E-state index contributed by atoms with van der Waals surface area (Å²) in [7, 11) is 1.68. The zero-order valence-electron chi connectivity index (χ0n) is 16.2. The van der Waals surface area contributed by atoms with Crippen molar-refractivity contribution in [1.82, 2.24) is 24.8 Å². The van der Waals surface area contributed by atoms with E-state index in [2.05, 4.69) is 15.6 Å². The van der Waals surface area contributed by atoms with Crippen LogP contribution in [-0.2, 0) is 23.1 Å². The number of imide groups is 1. The summed E-state index contributed by atoms with van der Waals surface area (Å²) < 4.78 is 8.98. The SMILES string of the molecule is Cn1c(=O)n(C2CCC(=O)NC2=O)c2cc3oc(CC4CCNCC4)nc3cc21. The Morgan fingerprint density at radius 2 is 1.93 bits per heavy atom. The van der Waals surface area contributed by atoms with Crippen molar-refractivity contribution < 1.29 is 14.0 Å². The van der Waals surface area contributed by atoms with Crippen LogP contribution in [-0.4, -0.2) is 39.0 Å². The maximum Gasteiger partial charge on any atom is 0.329 e. The molecule has 2 fully saturated rings. The first-order valence-corrected chi connectivity index (χ1v) is 10.1. The smallest absolute Gasteiger partial charge is 0.329 e. The van der Waals surface area contributed by atoms with Gasteiger partial charge in [-0.25, -0.2) is 9.78 Å². The van der Waals surface area contributed by atoms with Crippen LogP contribution < -0.4 is 16.3 Å². The van der Waals surface area contributed by atoms with Crippen molar-refractivity contribution in [2.75, 3.05) is 13.1 Å². The Morgan fingerprint density at radius 1 is 1.14 bits per heavy atom. The van der Waals surface area contributed by atoms with Gasteiger partial charge < -0.3 is 9.73 Å². The Balaban J connectivity index is 1.57. The second-order valence-electron chi connectivity index (χ2n) is 7.99. The molecule has 4 heterocycles. The first-order chi connectivity index (χ1) is 14.0. The average molecular weight is 397 g/mol. The van der Waals surface area contributed by atoms with Gasteiger partial charge in [0.25, 0.3) is 0 Å². The lowest BCUT2D eigenvalue weighted by Crippen LogP contribution is -2.44. The number of hydrogen-bond acceptors (Lipinski definition) is 6. The van der Waals surface area contributed by atoms with Gasteiger partial charge in [-0.15, -0.1) is 0 Å². The number of nitrogens with zero attached hydrogens (tertiary/aromatic N) is 3. The molecule has 2 N–H and O–H groups in total. The molecule has 0 radical (unpaired) electrons. The third-order valence-corrected chi connectivity index (χ3v) is 6.09. The number of imidazole rings is 1. The number of oxazole rings is 1. The molecule has 5 rings (SSSR count). The molecule has 0 spiro atoms. The van der Waals surface area contributed by atoms with E-state index in [-0.39, 0.29) is 18.0 Å². The number of hydrogen-bond donors (Lipinski definition) is 2. The highest BCUT2D eigenvalue weighted by molar-refractivity contribution is 6.00. The summed E-state index contributed by atoms with van der Waals surface area (Å²) >= 11 is 0. The molecule has 29 heavy (non-hydrogen) atoms. The van der Waals surface area contributed by atoms with Crippen LogP contribution in [0.5, 0.6) is 0 Å². The summed E-state index contributed by atoms with van der Waals surface area (Å²) in [4.78, 5) is 41.3. The molecule has 2 saturated heterocycles. The van der Waals surface area contributed by atoms with Gasteiger partial charge in [0.05, 0.1) is 11.0 Å². The predicted molar refractivity (Wildman–Crippen MR) is 105 cm³/mol. The molecule has 0 bridgehead atoms. The van der Waals surface area contributed by atoms with Crippen molar-refractivity contribution in [3.63, 3.8) is 0 Å². The Kier molecular flexibility index (Phi) is 4.27. The molecule has 2 aliphatic rings. The predicted octanol–water partition coefficient (Wildman–Crippen LogP) is 1.00. The van der Waals surface area contributed by atoms with E-state index in [1.54, 1.807) is 13.1 Å². The lowest BCUT2D eigenvalue weighted by Gasteiger charge is -2.21. The number of aromatic nitrogens is 3. The van der Waals surface area contributed by atoms with Crippen LogP contribution in [0.25, 0.3) is 22.1 Å². The molecule has 3 aromatic rings. The van der Waals surface area contributed by atoms with Gasteiger partial charge >= 0.3 is 5.69 Å². The summed E-state index contributed by atoms with van der Waals surface area (Å²) in [5.41, 5.74) is 2.32. The van der Waals surface area contributed by atoms with Crippen molar-refractivity contribution in [3.05, 3.63) is 28.5 Å². The fourth-order valence-electron chi connectivity index (χ4n) is 4.48. The van der Waals surface area contributed by atoms with Gasteiger partial charge in [0, 0.05) is 26.0 Å². The highest BCUT2D eigenvalue weighted by Crippen LogP contribution is 2.28. The number of carbonyl (C=O) groups is 2. The van der Waals surface area contributed by atoms with Gasteiger partial charge in [0.2, 0.25) is 11.8 Å². The van der Waals surface area contributed by atoms with E-state index in [1.165, 1.54) is 9.13 Å². The van der Waals surface area contributed by atoms with Crippen molar-refractivity contribution in [1.29, 1.82) is 0 Å². The largest absolute Gasteiger partial charge is 0.441 e. The van der Waals surface area contributed by atoms with Crippen molar-refractivity contribution in [3.8, 4) is 0 Å². The summed E-state index contributed by atoms with van der Waals surface area (Å²) in [5.74, 6) is 0.511. The lowest BCUT2D eigenvalue weighted by atomic mass is 9.95. The standard InChI is InChI=1S/C20H23N5O4/c1-24-14-9-12-16(29-18(22-12)8-11-4-6-21-7-5-11)10-15(14)25(20(24)28)13-2-3-17(26)23-19(13)27/h9-11,13,21H,2-8H2,1H3,(H,23,26,27). The number of amides is 2. The summed E-state index contributed by atoms with van der Waals surface area (Å²) in [6.07, 6.45) is 3.53. The number of aryl methyl sites for hydroxylation is 1. The van der Waals surface area contributed by atoms with Gasteiger partial charge in [0.15, 0.2) is 11.5 Å². The second-order valence-corrected chi connectivity index (χ2v) is 7.99. The number of nitrogens with one attached hydrogen (secondary N) is 2. The number of benzene rings is 1. The Hall–Kier alpha value is -2.94. The normalized spacial score (nSPS) is 21.2. The minimum absolute atomic E-state index is 0.212. The Labute approximate surface area is 166 Å². The van der Waals surface area contributed by atoms with E-state index >= 15 is 0 Å². The molecule has 2 aromatic heterocycles. The van der Waals surface area contributed by atoms with Gasteiger partial charge in [-0.2, -0.15) is 0 Å². The zero-order valence-corrected chi connectivity index (χ0v) is 16.2. The first-order valence-electron chi connectivity index (χ1n) is 10.1. The van der Waals surface area contributed by atoms with E-state index in [1.807, 2.05) is 6.07 Å². The number of fused-ring (bicyclic) bond motifs is 2. The minimum Gasteiger partial charge on any atom is -0.441 e. The van der Waals surface area contributed by atoms with E-state index in [4.69, 9.17) is 4.42 Å². The third-order valence-electron chi connectivity index (χ3n) is 6.09. The van der Waals surface area contributed by atoms with Crippen molar-refractivity contribution in [2.24, 2.45) is 13.0 Å². The van der Waals surface area contributed by atoms with Crippen molar-refractivity contribution >= 4 is 33.9 Å². The Morgan fingerprint density at radius 3 is 2.69 bits per heavy atom. The van der Waals surface area contributed by atoms with Crippen LogP contribution >= 0.6 is 0 Å². The van der Waals surface area contributed by atoms with Gasteiger partial charge in [-0.05, 0) is 44.3 Å². The van der Waals surface area contributed by atoms with Crippen LogP contribution in [0.3, 0.4) is 0 Å². The fraction of sp³-hybridized carbons (Fsp3) is 0.500. The first kappa shape index (κ1) is 18.1. The molecular weight excluding hydrogens is 374 g/mol. The zero-order chi connectivity index (χ0) is 20.1. The van der Waals surface area contributed by atoms with Crippen LogP contribution in [0.2, 0.25) is 0 Å². The van der Waals surface area contributed by atoms with E-state index < -0.39 is 11.9 Å². The molecule has 1 atom stereocenters. The van der Waals surface area contributed by atoms with E-state index in [0.29, 0.717) is 40.4 Å². The average Bonchev–Trinajstić information content (AvgIpc) is 3.20. The third kappa shape index (κ3) is 3.05. The lowest BCUT2D eigenvalue weighted by molar-refractivity contribution is -0.135. The molecule has 2 amide bonds. The number of rotatable bonds is 3. The van der Waals surface area contributed by atoms with E-state index in [9.17, 15) is 14.4 Å². The van der Waals surface area contributed by atoms with Crippen LogP contribution in [0, 0.1) is 5.92 Å². The van der Waals surface area contributed by atoms with Gasteiger partial charge in [-0.1, -0.05) is 0 Å². The molecule has 9 heteroatoms. The van der Waals surface area contributed by atoms with Crippen LogP contribution in [0.4, 0.5) is 0 Å². The molecule has 152 valence electrons. The second kappa shape index (κ2) is 6.84. The maximum atomic E-state index is 12.8. The highest BCUT2D eigenvalue weighted by Gasteiger charge is 2.31. The molecule has 2 aliphatic heterocycles. The maximum absolute atomic E-state index is 12.8. The van der Waals surface area contributed by atoms with E-state index in [0.717, 1.165) is 32.4 Å². The molecular formula is C20H23N5O4. The molecule has 1 aromatic carbocycles. The summed E-state index contributed by atoms with van der Waals surface area (Å²) in [6, 6.07) is 2.91. The van der Waals surface area contributed by atoms with Crippen LogP contribution in [0.15, 0.2) is 21.3 Å².